The summed E-state index contributed by atoms with van der Waals surface area (Å²) in [6.07, 6.45) is 12.9. The summed E-state index contributed by atoms with van der Waals surface area (Å²) in [7, 11) is 0. The molecule has 2 heteroatoms. The highest BCUT2D eigenvalue weighted by Crippen LogP contribution is 2.18. The summed E-state index contributed by atoms with van der Waals surface area (Å²) in [5.41, 5.74) is 0. The van der Waals surface area contributed by atoms with Crippen LogP contribution in [0.4, 0.5) is 0 Å². The largest absolute Gasteiger partial charge is 0.377 e. The first kappa shape index (κ1) is 11.4. The van der Waals surface area contributed by atoms with Gasteiger partial charge >= 0.3 is 0 Å². The highest BCUT2D eigenvalue weighted by atomic mass is 16.5. The van der Waals surface area contributed by atoms with Gasteiger partial charge in [0.2, 0.25) is 0 Å². The van der Waals surface area contributed by atoms with E-state index in [-0.39, 0.29) is 0 Å². The summed E-state index contributed by atoms with van der Waals surface area (Å²) < 4.78 is 5.74. The van der Waals surface area contributed by atoms with Gasteiger partial charge in [-0.15, -0.1) is 0 Å². The van der Waals surface area contributed by atoms with Crippen LogP contribution in [-0.4, -0.2) is 25.3 Å². The average molecular weight is 211 g/mol. The Morgan fingerprint density at radius 2 is 1.60 bits per heavy atom. The fourth-order valence-electron chi connectivity index (χ4n) is 2.75. The van der Waals surface area contributed by atoms with Gasteiger partial charge in [-0.05, 0) is 32.1 Å². The molecule has 1 aliphatic carbocycles. The van der Waals surface area contributed by atoms with Crippen LogP contribution in [0.15, 0.2) is 0 Å². The third-order valence-electron chi connectivity index (χ3n) is 3.76. The lowest BCUT2D eigenvalue weighted by molar-refractivity contribution is 0.0151. The molecule has 0 aromatic rings. The molecule has 0 aromatic heterocycles. The standard InChI is InChI=1S/C13H25NO/c1-2-4-8-12(7-3-1)14-11-13-9-5-6-10-15-13/h12-14H,1-11H2. The van der Waals surface area contributed by atoms with Crippen LogP contribution in [0.5, 0.6) is 0 Å². The average Bonchev–Trinajstić information content (AvgIpc) is 2.56. The van der Waals surface area contributed by atoms with E-state index in [1.165, 1.54) is 57.8 Å². The highest BCUT2D eigenvalue weighted by Gasteiger charge is 2.16. The van der Waals surface area contributed by atoms with Crippen LogP contribution in [0.2, 0.25) is 0 Å². The van der Waals surface area contributed by atoms with E-state index in [0.29, 0.717) is 6.10 Å². The smallest absolute Gasteiger partial charge is 0.0699 e. The lowest BCUT2D eigenvalue weighted by atomic mass is 10.1. The predicted molar refractivity (Wildman–Crippen MR) is 63.1 cm³/mol. The van der Waals surface area contributed by atoms with Crippen molar-refractivity contribution in [3.05, 3.63) is 0 Å². The summed E-state index contributed by atoms with van der Waals surface area (Å²) in [6, 6.07) is 0.776. The topological polar surface area (TPSA) is 21.3 Å². The number of ether oxygens (including phenoxy) is 1. The summed E-state index contributed by atoms with van der Waals surface area (Å²) >= 11 is 0. The van der Waals surface area contributed by atoms with E-state index in [9.17, 15) is 0 Å². The van der Waals surface area contributed by atoms with Gasteiger partial charge in [0.25, 0.3) is 0 Å². The quantitative estimate of drug-likeness (QED) is 0.725. The zero-order valence-electron chi connectivity index (χ0n) is 9.84. The minimum atomic E-state index is 0.502. The van der Waals surface area contributed by atoms with Crippen molar-refractivity contribution in [2.75, 3.05) is 13.2 Å². The van der Waals surface area contributed by atoms with Crippen molar-refractivity contribution in [2.45, 2.75) is 69.9 Å². The Morgan fingerprint density at radius 1 is 0.867 bits per heavy atom. The maximum absolute atomic E-state index is 5.74. The van der Waals surface area contributed by atoms with Crippen LogP contribution in [0.1, 0.15) is 57.8 Å². The second-order valence-corrected chi connectivity index (χ2v) is 5.09. The maximum Gasteiger partial charge on any atom is 0.0699 e. The summed E-state index contributed by atoms with van der Waals surface area (Å²) in [6.45, 7) is 2.07. The Balaban J connectivity index is 1.62. The normalized spacial score (nSPS) is 30.0. The van der Waals surface area contributed by atoms with Crippen LogP contribution in [-0.2, 0) is 4.74 Å². The third kappa shape index (κ3) is 4.12. The third-order valence-corrected chi connectivity index (χ3v) is 3.76. The van der Waals surface area contributed by atoms with Gasteiger partial charge in [-0.25, -0.2) is 0 Å². The minimum Gasteiger partial charge on any atom is -0.377 e. The van der Waals surface area contributed by atoms with Crippen LogP contribution < -0.4 is 5.32 Å². The zero-order chi connectivity index (χ0) is 10.3. The van der Waals surface area contributed by atoms with Crippen molar-refractivity contribution in [2.24, 2.45) is 0 Å². The number of nitrogens with one attached hydrogen (secondary N) is 1. The molecule has 0 bridgehead atoms. The van der Waals surface area contributed by atoms with E-state index in [2.05, 4.69) is 5.32 Å². The van der Waals surface area contributed by atoms with Gasteiger partial charge in [0.15, 0.2) is 0 Å². The van der Waals surface area contributed by atoms with Crippen LogP contribution in [0.25, 0.3) is 0 Å². The Bertz CT molecular complexity index is 158. The zero-order valence-corrected chi connectivity index (χ0v) is 9.84. The van der Waals surface area contributed by atoms with E-state index in [0.717, 1.165) is 19.2 Å². The van der Waals surface area contributed by atoms with Crippen LogP contribution >= 0.6 is 0 Å². The van der Waals surface area contributed by atoms with Gasteiger partial charge in [-0.2, -0.15) is 0 Å². The van der Waals surface area contributed by atoms with E-state index in [1.54, 1.807) is 0 Å². The molecular formula is C13H25NO. The molecule has 2 aliphatic rings. The van der Waals surface area contributed by atoms with Gasteiger partial charge in [0, 0.05) is 19.2 Å². The molecule has 1 saturated heterocycles. The Morgan fingerprint density at radius 3 is 2.27 bits per heavy atom. The summed E-state index contributed by atoms with van der Waals surface area (Å²) in [5, 5.41) is 3.71. The van der Waals surface area contributed by atoms with Gasteiger partial charge in [-0.1, -0.05) is 25.7 Å². The van der Waals surface area contributed by atoms with Crippen LogP contribution in [0.3, 0.4) is 0 Å². The molecule has 0 spiro atoms. The first-order valence-corrected chi connectivity index (χ1v) is 6.80. The van der Waals surface area contributed by atoms with Gasteiger partial charge in [0.05, 0.1) is 6.10 Å². The van der Waals surface area contributed by atoms with Gasteiger partial charge in [-0.3, -0.25) is 0 Å². The van der Waals surface area contributed by atoms with E-state index >= 15 is 0 Å². The fraction of sp³-hybridized carbons (Fsp3) is 1.00. The first-order valence-electron chi connectivity index (χ1n) is 6.80. The fourth-order valence-corrected chi connectivity index (χ4v) is 2.75. The number of hydrogen-bond donors (Lipinski definition) is 1. The van der Waals surface area contributed by atoms with Crippen molar-refractivity contribution >= 4 is 0 Å². The van der Waals surface area contributed by atoms with Crippen molar-refractivity contribution in [3.8, 4) is 0 Å². The SMILES string of the molecule is C1CCCC(NCC2CCCCO2)CC1. The van der Waals surface area contributed by atoms with E-state index < -0.39 is 0 Å². The molecule has 1 saturated carbocycles. The molecule has 1 heterocycles. The van der Waals surface area contributed by atoms with Crippen molar-refractivity contribution < 1.29 is 4.74 Å². The van der Waals surface area contributed by atoms with Gasteiger partial charge < -0.3 is 10.1 Å². The summed E-state index contributed by atoms with van der Waals surface area (Å²) in [4.78, 5) is 0. The molecule has 15 heavy (non-hydrogen) atoms. The van der Waals surface area contributed by atoms with Gasteiger partial charge in [0.1, 0.15) is 0 Å². The van der Waals surface area contributed by atoms with Crippen molar-refractivity contribution in [1.82, 2.24) is 5.32 Å². The molecular weight excluding hydrogens is 186 g/mol. The second-order valence-electron chi connectivity index (χ2n) is 5.09. The molecule has 1 N–H and O–H groups in total. The molecule has 2 fully saturated rings. The monoisotopic (exact) mass is 211 g/mol. The first-order chi connectivity index (χ1) is 7.45. The maximum atomic E-state index is 5.74. The molecule has 2 nitrogen and oxygen atoms in total. The molecule has 1 atom stereocenters. The number of hydrogen-bond acceptors (Lipinski definition) is 2. The lowest BCUT2D eigenvalue weighted by Crippen LogP contribution is -2.37. The Labute approximate surface area is 93.8 Å². The lowest BCUT2D eigenvalue weighted by Gasteiger charge is -2.25. The van der Waals surface area contributed by atoms with Crippen molar-refractivity contribution in [3.63, 3.8) is 0 Å². The molecule has 1 aliphatic heterocycles. The van der Waals surface area contributed by atoms with Crippen LogP contribution in [0, 0.1) is 0 Å². The Hall–Kier alpha value is -0.0800. The molecule has 88 valence electrons. The molecule has 0 radical (unpaired) electrons. The molecule has 0 amide bonds. The predicted octanol–water partition coefficient (Wildman–Crippen LogP) is 2.87. The molecule has 0 aromatic carbocycles. The molecule has 1 unspecified atom stereocenters. The Kier molecular flexibility index (Phi) is 4.94. The minimum absolute atomic E-state index is 0.502. The summed E-state index contributed by atoms with van der Waals surface area (Å²) in [5.74, 6) is 0. The van der Waals surface area contributed by atoms with Crippen molar-refractivity contribution in [1.29, 1.82) is 0 Å². The van der Waals surface area contributed by atoms with E-state index in [4.69, 9.17) is 4.74 Å². The molecule has 2 rings (SSSR count). The number of rotatable bonds is 3. The second kappa shape index (κ2) is 6.49. The van der Waals surface area contributed by atoms with E-state index in [1.807, 2.05) is 0 Å². The highest BCUT2D eigenvalue weighted by molar-refractivity contribution is 4.74.